The van der Waals surface area contributed by atoms with Crippen molar-refractivity contribution >= 4 is 33.2 Å². The molecule has 6 heteroatoms. The van der Waals surface area contributed by atoms with Gasteiger partial charge in [0.05, 0.1) is 22.1 Å². The van der Waals surface area contributed by atoms with Gasteiger partial charge in [-0.2, -0.15) is 9.13 Å². The molecule has 0 saturated heterocycles. The number of pyridine rings is 2. The topological polar surface area (TPSA) is 31.8 Å². The van der Waals surface area contributed by atoms with E-state index in [4.69, 9.17) is 0 Å². The Morgan fingerprint density at radius 2 is 1.03 bits per heavy atom. The average molecular weight is 463 g/mol. The molecular formula is C28H32F2N4+2. The zero-order chi connectivity index (χ0) is 23.3. The summed E-state index contributed by atoms with van der Waals surface area (Å²) >= 11 is 0. The number of aryl methyl sites for hydroxylation is 2. The van der Waals surface area contributed by atoms with Crippen LogP contribution in [0.25, 0.3) is 21.8 Å². The summed E-state index contributed by atoms with van der Waals surface area (Å²) in [4.78, 5) is 0. The number of anilines is 2. The van der Waals surface area contributed by atoms with Crippen LogP contribution in [0.15, 0.2) is 60.9 Å². The molecule has 2 aliphatic heterocycles. The number of nitrogens with zero attached hydrogens (tertiary/aromatic N) is 2. The Morgan fingerprint density at radius 1 is 0.559 bits per heavy atom. The normalized spacial score (nSPS) is 15.8. The molecule has 4 aromatic rings. The number of hydrogen-bond donors (Lipinski definition) is 2. The molecule has 176 valence electrons. The van der Waals surface area contributed by atoms with Crippen LogP contribution in [0.3, 0.4) is 0 Å². The van der Waals surface area contributed by atoms with E-state index in [0.29, 0.717) is 0 Å². The third kappa shape index (κ3) is 4.96. The third-order valence-corrected chi connectivity index (χ3v) is 6.74. The molecule has 4 bridgehead atoms. The van der Waals surface area contributed by atoms with Crippen molar-refractivity contribution in [3.8, 4) is 0 Å². The van der Waals surface area contributed by atoms with Crippen molar-refractivity contribution in [3.63, 3.8) is 0 Å². The summed E-state index contributed by atoms with van der Waals surface area (Å²) in [6.45, 7) is 3.47. The summed E-state index contributed by atoms with van der Waals surface area (Å²) in [6.07, 6.45) is 10.5. The van der Waals surface area contributed by atoms with Crippen molar-refractivity contribution in [2.45, 2.75) is 51.6 Å². The quantitative estimate of drug-likeness (QED) is 0.327. The van der Waals surface area contributed by atoms with Crippen LogP contribution in [0.1, 0.15) is 38.5 Å². The highest BCUT2D eigenvalue weighted by Gasteiger charge is 2.16. The van der Waals surface area contributed by atoms with Crippen LogP contribution < -0.4 is 19.8 Å². The van der Waals surface area contributed by atoms with Gasteiger partial charge in [-0.15, -0.1) is 0 Å². The maximum Gasteiger partial charge on any atom is 0.214 e. The number of hydrogen-bond acceptors (Lipinski definition) is 2. The number of benzene rings is 2. The molecule has 2 aromatic carbocycles. The number of nitrogens with one attached hydrogen (secondary N) is 2. The Morgan fingerprint density at radius 3 is 1.53 bits per heavy atom. The van der Waals surface area contributed by atoms with Gasteiger partial charge in [0.25, 0.3) is 0 Å². The van der Waals surface area contributed by atoms with E-state index < -0.39 is 0 Å². The maximum absolute atomic E-state index is 14.0. The van der Waals surface area contributed by atoms with Crippen LogP contribution >= 0.6 is 0 Å². The fourth-order valence-electron chi connectivity index (χ4n) is 4.93. The first-order chi connectivity index (χ1) is 16.7. The molecule has 6 rings (SSSR count). The summed E-state index contributed by atoms with van der Waals surface area (Å²) in [5.41, 5.74) is 4.09. The molecule has 34 heavy (non-hydrogen) atoms. The van der Waals surface area contributed by atoms with Crippen molar-refractivity contribution < 1.29 is 17.9 Å². The number of rotatable bonds is 0. The largest absolute Gasteiger partial charge is 0.384 e. The monoisotopic (exact) mass is 462 g/mol. The van der Waals surface area contributed by atoms with Gasteiger partial charge >= 0.3 is 0 Å². The Bertz CT molecular complexity index is 1210. The predicted molar refractivity (Wildman–Crippen MR) is 133 cm³/mol. The molecular weight excluding hydrogens is 430 g/mol. The minimum Gasteiger partial charge on any atom is -0.384 e. The molecule has 0 radical (unpaired) electrons. The number of fused-ring (bicyclic) bond motifs is 12. The summed E-state index contributed by atoms with van der Waals surface area (Å²) < 4.78 is 32.5. The molecule has 0 saturated carbocycles. The molecule has 2 N–H and O–H groups in total. The zero-order valence-corrected chi connectivity index (χ0v) is 19.5. The van der Waals surface area contributed by atoms with Gasteiger partial charge in [-0.05, 0) is 49.9 Å². The van der Waals surface area contributed by atoms with E-state index in [1.807, 2.05) is 12.1 Å². The minimum absolute atomic E-state index is 0.205. The van der Waals surface area contributed by atoms with Gasteiger partial charge in [-0.3, -0.25) is 0 Å². The van der Waals surface area contributed by atoms with E-state index in [2.05, 4.69) is 44.3 Å². The lowest BCUT2D eigenvalue weighted by atomic mass is 10.1. The van der Waals surface area contributed by atoms with Gasteiger partial charge in [0.1, 0.15) is 24.7 Å². The zero-order valence-electron chi connectivity index (χ0n) is 19.5. The lowest BCUT2D eigenvalue weighted by Crippen LogP contribution is -2.36. The van der Waals surface area contributed by atoms with Crippen molar-refractivity contribution in [3.05, 3.63) is 72.6 Å². The van der Waals surface area contributed by atoms with Gasteiger partial charge in [0, 0.05) is 50.2 Å². The van der Waals surface area contributed by atoms with Crippen molar-refractivity contribution in [1.82, 2.24) is 0 Å². The predicted octanol–water partition coefficient (Wildman–Crippen LogP) is 5.72. The first kappa shape index (κ1) is 22.5. The second-order valence-electron chi connectivity index (χ2n) is 9.14. The molecule has 4 nitrogen and oxygen atoms in total. The second kappa shape index (κ2) is 10.3. The highest BCUT2D eigenvalue weighted by Crippen LogP contribution is 2.23. The molecule has 0 amide bonds. The first-order valence-corrected chi connectivity index (χ1v) is 12.4. The van der Waals surface area contributed by atoms with Gasteiger partial charge < -0.3 is 10.6 Å². The molecule has 0 spiro atoms. The van der Waals surface area contributed by atoms with Crippen molar-refractivity contribution in [2.24, 2.45) is 0 Å². The van der Waals surface area contributed by atoms with Crippen LogP contribution in [0.2, 0.25) is 0 Å². The third-order valence-electron chi connectivity index (χ3n) is 6.74. The van der Waals surface area contributed by atoms with E-state index in [9.17, 15) is 8.78 Å². The molecule has 0 fully saturated rings. The van der Waals surface area contributed by atoms with Crippen molar-refractivity contribution in [1.29, 1.82) is 0 Å². The smallest absolute Gasteiger partial charge is 0.214 e. The molecule has 0 atom stereocenters. The van der Waals surface area contributed by atoms with E-state index in [1.54, 1.807) is 24.3 Å². The van der Waals surface area contributed by atoms with Crippen LogP contribution in [-0.4, -0.2) is 13.1 Å². The fraction of sp³-hybridized carbons (Fsp3) is 0.357. The maximum atomic E-state index is 14.0. The second-order valence-corrected chi connectivity index (χ2v) is 9.14. The summed E-state index contributed by atoms with van der Waals surface area (Å²) in [5, 5.41) is 8.90. The van der Waals surface area contributed by atoms with Crippen molar-refractivity contribution in [2.75, 3.05) is 23.7 Å². The average Bonchev–Trinajstić information content (AvgIpc) is 2.84. The van der Waals surface area contributed by atoms with Gasteiger partial charge in [-0.25, -0.2) is 8.78 Å². The summed E-state index contributed by atoms with van der Waals surface area (Å²) in [6, 6.07) is 14.3. The minimum atomic E-state index is -0.205. The highest BCUT2D eigenvalue weighted by molar-refractivity contribution is 5.89. The standard InChI is InChI=1S/C28H30F2N4/c29-21-7-9-27-23(19-21)25-11-17-33(27)15-5-2-6-16-34-18-12-26(32-14-4-1-3-13-31-25)24-20-22(30)8-10-28(24)34/h7-12,17-20H,1-6,13-16H2/p+2. The Hall–Kier alpha value is -3.28. The molecule has 4 heterocycles. The molecule has 0 aliphatic carbocycles. The van der Waals surface area contributed by atoms with Crippen LogP contribution in [0.5, 0.6) is 0 Å². The Labute approximate surface area is 199 Å². The van der Waals surface area contributed by atoms with Crippen LogP contribution in [-0.2, 0) is 13.1 Å². The molecule has 2 aromatic heterocycles. The SMILES string of the molecule is Fc1ccc2c(c1)c1cc[n+]2CCCCC[n+]2ccc(c3cc(F)ccc32)NCCCCCN1. The summed E-state index contributed by atoms with van der Waals surface area (Å²) in [5.74, 6) is -0.410. The lowest BCUT2D eigenvalue weighted by molar-refractivity contribution is -0.675. The fourth-order valence-corrected chi connectivity index (χ4v) is 4.93. The van der Waals surface area contributed by atoms with Gasteiger partial charge in [0.2, 0.25) is 11.0 Å². The van der Waals surface area contributed by atoms with E-state index in [-0.39, 0.29) is 11.6 Å². The van der Waals surface area contributed by atoms with Crippen LogP contribution in [0, 0.1) is 11.6 Å². The number of aromatic nitrogens is 2. The molecule has 0 unspecified atom stereocenters. The van der Waals surface area contributed by atoms with E-state index in [0.717, 1.165) is 97.9 Å². The first-order valence-electron chi connectivity index (χ1n) is 12.4. The number of halogens is 2. The summed E-state index contributed by atoms with van der Waals surface area (Å²) in [7, 11) is 0. The van der Waals surface area contributed by atoms with E-state index >= 15 is 0 Å². The van der Waals surface area contributed by atoms with Gasteiger partial charge in [-0.1, -0.05) is 0 Å². The Kier molecular flexibility index (Phi) is 6.84. The Balaban J connectivity index is 1.40. The van der Waals surface area contributed by atoms with Crippen LogP contribution in [0.4, 0.5) is 20.2 Å². The highest BCUT2D eigenvalue weighted by atomic mass is 19.1. The van der Waals surface area contributed by atoms with Gasteiger partial charge in [0.15, 0.2) is 12.4 Å². The molecule has 2 aliphatic rings. The van der Waals surface area contributed by atoms with E-state index in [1.165, 1.54) is 0 Å². The lowest BCUT2D eigenvalue weighted by Gasteiger charge is -2.12.